The number of hydrogen-bond donors (Lipinski definition) is 2. The Kier molecular flexibility index (Phi) is 7.52. The molecule has 2 N–H and O–H groups in total. The summed E-state index contributed by atoms with van der Waals surface area (Å²) in [5.74, 6) is -0.0777. The average molecular weight is 396 g/mol. The van der Waals surface area contributed by atoms with Gasteiger partial charge in [-0.25, -0.2) is 4.98 Å². The topological polar surface area (TPSA) is 70.2 Å². The summed E-state index contributed by atoms with van der Waals surface area (Å²) in [5.41, 5.74) is 3.51. The van der Waals surface area contributed by atoms with E-state index in [-0.39, 0.29) is 18.3 Å². The number of thiazole rings is 1. The summed E-state index contributed by atoms with van der Waals surface area (Å²) in [6.07, 6.45) is 2.88. The van der Waals surface area contributed by atoms with E-state index in [1.54, 1.807) is 11.3 Å². The van der Waals surface area contributed by atoms with Crippen molar-refractivity contribution in [1.29, 1.82) is 0 Å². The van der Waals surface area contributed by atoms with Crippen molar-refractivity contribution in [3.05, 3.63) is 40.2 Å². The fourth-order valence-corrected chi connectivity index (χ4v) is 4.21. The van der Waals surface area contributed by atoms with E-state index in [4.69, 9.17) is 0 Å². The molecule has 2 aromatic rings. The zero-order valence-corrected chi connectivity index (χ0v) is 17.0. The number of aromatic nitrogens is 2. The molecule has 0 radical (unpaired) electrons. The molecule has 1 unspecified atom stereocenters. The molecule has 1 saturated heterocycles. The molecule has 1 aliphatic rings. The van der Waals surface area contributed by atoms with Gasteiger partial charge in [0.2, 0.25) is 5.91 Å². The van der Waals surface area contributed by atoms with Crippen LogP contribution in [-0.2, 0) is 17.8 Å². The molecular formula is C18H26ClN5OS. The molecule has 0 saturated carbocycles. The largest absolute Gasteiger partial charge is 0.311 e. The van der Waals surface area contributed by atoms with Gasteiger partial charge in [0.05, 0.1) is 0 Å². The number of rotatable bonds is 5. The van der Waals surface area contributed by atoms with Crippen molar-refractivity contribution in [3.8, 4) is 0 Å². The molecule has 1 atom stereocenters. The minimum Gasteiger partial charge on any atom is -0.311 e. The van der Waals surface area contributed by atoms with Crippen LogP contribution in [0.5, 0.6) is 0 Å². The lowest BCUT2D eigenvalue weighted by Gasteiger charge is -2.33. The number of anilines is 1. The Balaban J connectivity index is 0.00000243. The van der Waals surface area contributed by atoms with Crippen LogP contribution < -0.4 is 10.6 Å². The van der Waals surface area contributed by atoms with Crippen LogP contribution in [0.3, 0.4) is 0 Å². The minimum absolute atomic E-state index is 0. The van der Waals surface area contributed by atoms with Crippen LogP contribution in [0, 0.1) is 13.8 Å². The Morgan fingerprint density at radius 1 is 1.38 bits per heavy atom. The highest BCUT2D eigenvalue weighted by Crippen LogP contribution is 2.20. The van der Waals surface area contributed by atoms with Crippen molar-refractivity contribution < 1.29 is 4.79 Å². The highest BCUT2D eigenvalue weighted by molar-refractivity contribution is 7.15. The van der Waals surface area contributed by atoms with E-state index in [2.05, 4.69) is 37.6 Å². The maximum atomic E-state index is 11.1. The van der Waals surface area contributed by atoms with E-state index in [1.807, 2.05) is 20.0 Å². The Hall–Kier alpha value is -1.54. The Morgan fingerprint density at radius 2 is 2.12 bits per heavy atom. The maximum absolute atomic E-state index is 11.1. The molecule has 2 aromatic heterocycles. The van der Waals surface area contributed by atoms with Gasteiger partial charge in [-0.05, 0) is 38.0 Å². The lowest BCUT2D eigenvalue weighted by atomic mass is 10.0. The van der Waals surface area contributed by atoms with E-state index < -0.39 is 0 Å². The second kappa shape index (κ2) is 9.41. The zero-order chi connectivity index (χ0) is 17.8. The second-order valence-corrected chi connectivity index (χ2v) is 7.78. The molecule has 6 nitrogen and oxygen atoms in total. The van der Waals surface area contributed by atoms with Crippen molar-refractivity contribution in [2.45, 2.75) is 39.8 Å². The molecule has 0 aromatic carbocycles. The molecule has 26 heavy (non-hydrogen) atoms. The summed E-state index contributed by atoms with van der Waals surface area (Å²) < 4.78 is 0. The predicted molar refractivity (Wildman–Crippen MR) is 108 cm³/mol. The molecule has 3 heterocycles. The van der Waals surface area contributed by atoms with Crippen LogP contribution in [0.1, 0.15) is 28.8 Å². The second-order valence-electron chi connectivity index (χ2n) is 6.66. The first-order chi connectivity index (χ1) is 12.0. The average Bonchev–Trinajstić information content (AvgIpc) is 2.92. The van der Waals surface area contributed by atoms with Crippen molar-refractivity contribution >= 4 is 34.8 Å². The van der Waals surface area contributed by atoms with Gasteiger partial charge in [-0.1, -0.05) is 0 Å². The summed E-state index contributed by atoms with van der Waals surface area (Å²) in [7, 11) is 0. The van der Waals surface area contributed by atoms with E-state index in [9.17, 15) is 4.79 Å². The first-order valence-electron chi connectivity index (χ1n) is 8.60. The summed E-state index contributed by atoms with van der Waals surface area (Å²) in [6.45, 7) is 9.51. The lowest BCUT2D eigenvalue weighted by Crippen LogP contribution is -2.51. The van der Waals surface area contributed by atoms with Crippen molar-refractivity contribution in [3.63, 3.8) is 0 Å². The number of nitrogens with zero attached hydrogens (tertiary/aromatic N) is 3. The molecular weight excluding hydrogens is 370 g/mol. The molecule has 142 valence electrons. The number of piperazine rings is 1. The lowest BCUT2D eigenvalue weighted by molar-refractivity contribution is -0.114. The fraction of sp³-hybridized carbons (Fsp3) is 0.500. The van der Waals surface area contributed by atoms with Crippen LogP contribution in [0.25, 0.3) is 0 Å². The van der Waals surface area contributed by atoms with Crippen molar-refractivity contribution in [2.24, 2.45) is 0 Å². The standard InChI is InChI=1S/C18H25N5OS.ClH/c1-12-6-15(7-13(2)21-12)8-16-10-23(5-4-19-16)11-17-9-20-18(25-17)22-14(3)24;/h6-7,9,16,19H,4-5,8,10-11H2,1-3H3,(H,20,22,24);1H. The van der Waals surface area contributed by atoms with Crippen LogP contribution in [-0.4, -0.2) is 46.5 Å². The van der Waals surface area contributed by atoms with E-state index >= 15 is 0 Å². The maximum Gasteiger partial charge on any atom is 0.223 e. The first-order valence-corrected chi connectivity index (χ1v) is 9.42. The summed E-state index contributed by atoms with van der Waals surface area (Å²) in [6, 6.07) is 4.80. The summed E-state index contributed by atoms with van der Waals surface area (Å²) in [5, 5.41) is 7.05. The number of amides is 1. The Bertz CT molecular complexity index is 731. The number of nitrogens with one attached hydrogen (secondary N) is 2. The third-order valence-electron chi connectivity index (χ3n) is 4.18. The van der Waals surface area contributed by atoms with Gasteiger partial charge in [-0.3, -0.25) is 14.7 Å². The van der Waals surface area contributed by atoms with Crippen molar-refractivity contribution in [2.75, 3.05) is 25.0 Å². The van der Waals surface area contributed by atoms with E-state index in [1.165, 1.54) is 17.4 Å². The number of hydrogen-bond acceptors (Lipinski definition) is 6. The monoisotopic (exact) mass is 395 g/mol. The minimum atomic E-state index is -0.0777. The van der Waals surface area contributed by atoms with Crippen LogP contribution >= 0.6 is 23.7 Å². The summed E-state index contributed by atoms with van der Waals surface area (Å²) >= 11 is 1.55. The fourth-order valence-electron chi connectivity index (χ4n) is 3.31. The van der Waals surface area contributed by atoms with Gasteiger partial charge in [-0.15, -0.1) is 23.7 Å². The van der Waals surface area contributed by atoms with Gasteiger partial charge in [0.1, 0.15) is 0 Å². The van der Waals surface area contributed by atoms with Crippen LogP contribution in [0.4, 0.5) is 5.13 Å². The quantitative estimate of drug-likeness (QED) is 0.814. The highest BCUT2D eigenvalue weighted by Gasteiger charge is 2.20. The van der Waals surface area contributed by atoms with Crippen molar-refractivity contribution in [1.82, 2.24) is 20.2 Å². The molecule has 3 rings (SSSR count). The van der Waals surface area contributed by atoms with Crippen LogP contribution in [0.15, 0.2) is 18.3 Å². The Morgan fingerprint density at radius 3 is 2.81 bits per heavy atom. The smallest absolute Gasteiger partial charge is 0.223 e. The molecule has 0 bridgehead atoms. The summed E-state index contributed by atoms with van der Waals surface area (Å²) in [4.78, 5) is 23.5. The number of pyridine rings is 1. The molecule has 8 heteroatoms. The van der Waals surface area contributed by atoms with E-state index in [0.29, 0.717) is 11.2 Å². The Labute approximate surface area is 164 Å². The highest BCUT2D eigenvalue weighted by atomic mass is 35.5. The van der Waals surface area contributed by atoms with Gasteiger partial charge in [0.15, 0.2) is 5.13 Å². The first kappa shape index (κ1) is 20.8. The number of aryl methyl sites for hydroxylation is 2. The molecule has 0 aliphatic carbocycles. The number of halogens is 1. The molecule has 1 aliphatic heterocycles. The van der Waals surface area contributed by atoms with Crippen LogP contribution in [0.2, 0.25) is 0 Å². The third-order valence-corrected chi connectivity index (χ3v) is 5.08. The molecule has 0 spiro atoms. The number of carbonyl (C=O) groups is 1. The third kappa shape index (κ3) is 6.02. The van der Waals surface area contributed by atoms with Gasteiger partial charge in [0.25, 0.3) is 0 Å². The van der Waals surface area contributed by atoms with E-state index in [0.717, 1.165) is 44.0 Å². The predicted octanol–water partition coefficient (Wildman–Crippen LogP) is 2.55. The zero-order valence-electron chi connectivity index (χ0n) is 15.4. The van der Waals surface area contributed by atoms with Gasteiger partial charge >= 0.3 is 0 Å². The SMILES string of the molecule is CC(=O)Nc1ncc(CN2CCNC(Cc3cc(C)nc(C)c3)C2)s1.Cl. The normalized spacial score (nSPS) is 17.6. The number of carbonyl (C=O) groups excluding carboxylic acids is 1. The van der Waals surface area contributed by atoms with Gasteiger partial charge in [0, 0.05) is 61.6 Å². The van der Waals surface area contributed by atoms with Gasteiger partial charge in [-0.2, -0.15) is 0 Å². The molecule has 1 fully saturated rings. The molecule has 1 amide bonds. The van der Waals surface area contributed by atoms with Gasteiger partial charge < -0.3 is 10.6 Å².